The van der Waals surface area contributed by atoms with Gasteiger partial charge in [-0.3, -0.25) is 0 Å². The van der Waals surface area contributed by atoms with Crippen LogP contribution in [0.2, 0.25) is 0 Å². The van der Waals surface area contributed by atoms with Gasteiger partial charge in [0.1, 0.15) is 5.94 Å². The second-order valence-electron chi connectivity index (χ2n) is 6.32. The molecule has 1 aliphatic rings. The number of fused-ring (bicyclic) bond motifs is 2. The maximum absolute atomic E-state index is 12.4. The molecule has 0 aliphatic heterocycles. The minimum atomic E-state index is -4.99. The highest BCUT2D eigenvalue weighted by atomic mass is 32.2. The van der Waals surface area contributed by atoms with Crippen LogP contribution in [0.3, 0.4) is 0 Å². The lowest BCUT2D eigenvalue weighted by Crippen LogP contribution is -2.25. The van der Waals surface area contributed by atoms with E-state index in [4.69, 9.17) is 0 Å². The Hall–Kier alpha value is -2.73. The van der Waals surface area contributed by atoms with Gasteiger partial charge in [0, 0.05) is 10.8 Å². The van der Waals surface area contributed by atoms with Crippen molar-refractivity contribution < 1.29 is 22.7 Å². The summed E-state index contributed by atoms with van der Waals surface area (Å²) < 4.78 is 41.6. The minimum absolute atomic E-state index is 0.136. The molecule has 0 bridgehead atoms. The molecule has 0 unspecified atom stereocenters. The third kappa shape index (κ3) is 3.40. The van der Waals surface area contributed by atoms with E-state index < -0.39 is 18.1 Å². The van der Waals surface area contributed by atoms with Crippen molar-refractivity contribution >= 4 is 39.3 Å². The van der Waals surface area contributed by atoms with Gasteiger partial charge in [-0.1, -0.05) is 84.6 Å². The summed E-state index contributed by atoms with van der Waals surface area (Å²) in [6.07, 6.45) is 3.26. The van der Waals surface area contributed by atoms with Crippen LogP contribution in [-0.4, -0.2) is 18.1 Å². The van der Waals surface area contributed by atoms with Crippen molar-refractivity contribution in [3.8, 4) is 0 Å². The average Bonchev–Trinajstić information content (AvgIpc) is 3.20. The summed E-state index contributed by atoms with van der Waals surface area (Å²) in [5.74, 6) is -2.45. The van der Waals surface area contributed by atoms with E-state index in [1.165, 1.54) is 0 Å². The van der Waals surface area contributed by atoms with Gasteiger partial charge < -0.3 is 4.74 Å². The molecule has 3 aromatic rings. The van der Waals surface area contributed by atoms with Gasteiger partial charge in [0.25, 0.3) is 0 Å². The Bertz CT molecular complexity index is 1050. The van der Waals surface area contributed by atoms with Crippen molar-refractivity contribution in [3.05, 3.63) is 78.4 Å². The molecule has 6 heteroatoms. The third-order valence-corrected chi connectivity index (χ3v) is 5.59. The van der Waals surface area contributed by atoms with Gasteiger partial charge in [-0.25, -0.2) is 4.79 Å². The molecule has 0 heterocycles. The molecular weight excluding hydrogens is 385 g/mol. The number of allylic oxidation sites excluding steroid dienone is 4. The molecule has 0 atom stereocenters. The highest BCUT2D eigenvalue weighted by Gasteiger charge is 2.40. The fourth-order valence-corrected chi connectivity index (χ4v) is 4.44. The molecule has 0 N–H and O–H groups in total. The maximum atomic E-state index is 12.4. The summed E-state index contributed by atoms with van der Waals surface area (Å²) >= 11 is 1.10. The molecule has 0 radical (unpaired) electrons. The molecule has 0 amide bonds. The topological polar surface area (TPSA) is 26.3 Å². The Morgan fingerprint density at radius 3 is 1.89 bits per heavy atom. The van der Waals surface area contributed by atoms with E-state index in [9.17, 15) is 18.0 Å². The number of hydrogen-bond acceptors (Lipinski definition) is 3. The summed E-state index contributed by atoms with van der Waals surface area (Å²) in [7, 11) is 0. The molecule has 0 saturated heterocycles. The minimum Gasteiger partial charge on any atom is -0.448 e. The Labute approximate surface area is 163 Å². The number of carbonyl (C=O) groups excluding carboxylic acids is 1. The first-order valence-corrected chi connectivity index (χ1v) is 9.60. The van der Waals surface area contributed by atoms with E-state index in [0.29, 0.717) is 0 Å². The Morgan fingerprint density at radius 2 is 1.39 bits per heavy atom. The average molecular weight is 400 g/mol. The van der Waals surface area contributed by atoms with E-state index >= 15 is 0 Å². The van der Waals surface area contributed by atoms with Crippen LogP contribution in [0.1, 0.15) is 11.5 Å². The van der Waals surface area contributed by atoms with Crippen molar-refractivity contribution in [1.29, 1.82) is 0 Å². The second-order valence-corrected chi connectivity index (χ2v) is 7.25. The highest BCUT2D eigenvalue weighted by Crippen LogP contribution is 2.42. The van der Waals surface area contributed by atoms with E-state index in [2.05, 4.69) is 16.9 Å². The van der Waals surface area contributed by atoms with Gasteiger partial charge >= 0.3 is 12.1 Å². The molecule has 28 heavy (non-hydrogen) atoms. The quantitative estimate of drug-likeness (QED) is 0.221. The molecule has 0 fully saturated rings. The predicted molar refractivity (Wildman–Crippen MR) is 105 cm³/mol. The third-order valence-electron chi connectivity index (χ3n) is 4.63. The zero-order valence-corrected chi connectivity index (χ0v) is 15.4. The summed E-state index contributed by atoms with van der Waals surface area (Å²) in [5.41, 5.74) is 1.16. The molecule has 4 rings (SSSR count). The number of esters is 1. The first kappa shape index (κ1) is 18.6. The van der Waals surface area contributed by atoms with Crippen LogP contribution in [-0.2, 0) is 9.53 Å². The van der Waals surface area contributed by atoms with Crippen LogP contribution in [0.4, 0.5) is 13.2 Å². The van der Waals surface area contributed by atoms with E-state index in [-0.39, 0.29) is 5.92 Å². The first-order chi connectivity index (χ1) is 13.5. The molecule has 142 valence electrons. The van der Waals surface area contributed by atoms with Gasteiger partial charge in [0.2, 0.25) is 0 Å². The smallest absolute Gasteiger partial charge is 0.448 e. The van der Waals surface area contributed by atoms with Crippen molar-refractivity contribution in [3.63, 3.8) is 0 Å². The number of rotatable bonds is 4. The SMILES string of the molecule is O=C(OCSc1c2ccccc2c(C2C=CC=C2)c2ccccc12)C(F)(F)F. The number of halogens is 3. The molecule has 1 aliphatic carbocycles. The molecule has 0 aromatic heterocycles. The van der Waals surface area contributed by atoms with Crippen molar-refractivity contribution in [1.82, 2.24) is 0 Å². The standard InChI is InChI=1S/C22H15F3O2S/c23-22(24,25)21(26)27-13-28-20-17-11-5-3-9-15(17)19(14-7-1-2-8-14)16-10-4-6-12-18(16)20/h1-12,14H,13H2. The fraction of sp³-hybridized carbons (Fsp3) is 0.136. The normalized spacial score (nSPS) is 14.2. The molecular formula is C22H15F3O2S. The number of carbonyl (C=O) groups is 1. The van der Waals surface area contributed by atoms with Crippen LogP contribution >= 0.6 is 11.8 Å². The van der Waals surface area contributed by atoms with Crippen molar-refractivity contribution in [2.45, 2.75) is 17.0 Å². The van der Waals surface area contributed by atoms with Crippen LogP contribution < -0.4 is 0 Å². The van der Waals surface area contributed by atoms with Gasteiger partial charge in [-0.05, 0) is 27.1 Å². The number of thioether (sulfide) groups is 1. The molecule has 0 spiro atoms. The van der Waals surface area contributed by atoms with Crippen LogP contribution in [0, 0.1) is 0 Å². The summed E-state index contributed by atoms with van der Waals surface area (Å²) in [5, 5.41) is 3.93. The fourth-order valence-electron chi connectivity index (χ4n) is 3.48. The van der Waals surface area contributed by atoms with Crippen molar-refractivity contribution in [2.75, 3.05) is 5.94 Å². The molecule has 2 nitrogen and oxygen atoms in total. The van der Waals surface area contributed by atoms with E-state index in [1.54, 1.807) is 0 Å². The second kappa shape index (κ2) is 7.36. The summed E-state index contributed by atoms with van der Waals surface area (Å²) in [6, 6.07) is 15.6. The lowest BCUT2D eigenvalue weighted by molar-refractivity contribution is -0.197. The largest absolute Gasteiger partial charge is 0.490 e. The highest BCUT2D eigenvalue weighted by molar-refractivity contribution is 7.99. The first-order valence-electron chi connectivity index (χ1n) is 8.62. The van der Waals surface area contributed by atoms with Gasteiger partial charge in [-0.2, -0.15) is 13.2 Å². The Kier molecular flexibility index (Phi) is 4.89. The van der Waals surface area contributed by atoms with Crippen LogP contribution in [0.15, 0.2) is 77.7 Å². The number of benzene rings is 3. The predicted octanol–water partition coefficient (Wildman–Crippen LogP) is 6.36. The van der Waals surface area contributed by atoms with Crippen LogP contribution in [0.5, 0.6) is 0 Å². The van der Waals surface area contributed by atoms with Gasteiger partial charge in [-0.15, -0.1) is 0 Å². The van der Waals surface area contributed by atoms with Gasteiger partial charge in [0.15, 0.2) is 0 Å². The Balaban J connectivity index is 1.82. The molecule has 3 aromatic carbocycles. The van der Waals surface area contributed by atoms with E-state index in [1.807, 2.05) is 60.7 Å². The lowest BCUT2D eigenvalue weighted by atomic mass is 9.89. The molecule has 0 saturated carbocycles. The maximum Gasteiger partial charge on any atom is 0.490 e. The van der Waals surface area contributed by atoms with Crippen LogP contribution in [0.25, 0.3) is 21.5 Å². The van der Waals surface area contributed by atoms with Crippen molar-refractivity contribution in [2.24, 2.45) is 0 Å². The number of alkyl halides is 3. The number of hydrogen-bond donors (Lipinski definition) is 0. The van der Waals surface area contributed by atoms with Gasteiger partial charge in [0.05, 0.1) is 0 Å². The zero-order valence-electron chi connectivity index (χ0n) is 14.6. The number of ether oxygens (including phenoxy) is 1. The lowest BCUT2D eigenvalue weighted by Gasteiger charge is -2.19. The zero-order chi connectivity index (χ0) is 19.7. The summed E-state index contributed by atoms with van der Waals surface area (Å²) in [4.78, 5) is 11.8. The van der Waals surface area contributed by atoms with E-state index in [0.717, 1.165) is 43.8 Å². The Morgan fingerprint density at radius 1 is 0.893 bits per heavy atom. The summed E-state index contributed by atoms with van der Waals surface area (Å²) in [6.45, 7) is 0. The monoisotopic (exact) mass is 400 g/mol.